The van der Waals surface area contributed by atoms with Gasteiger partial charge in [0.1, 0.15) is 0 Å². The number of hydrogen-bond acceptors (Lipinski definition) is 3. The molecule has 0 amide bonds. The lowest BCUT2D eigenvalue weighted by atomic mass is 10.2. The molecule has 3 nitrogen and oxygen atoms in total. The number of fused-ring (bicyclic) bond motifs is 1. The largest absolute Gasteiger partial charge is 0.435 e. The molecule has 0 aliphatic rings. The van der Waals surface area contributed by atoms with Crippen LogP contribution in [0.2, 0.25) is 0 Å². The van der Waals surface area contributed by atoms with Gasteiger partial charge in [-0.25, -0.2) is 9.97 Å². The highest BCUT2D eigenvalue weighted by Gasteiger charge is 2.36. The van der Waals surface area contributed by atoms with Crippen LogP contribution in [0.1, 0.15) is 11.4 Å². The summed E-state index contributed by atoms with van der Waals surface area (Å²) in [6.45, 7) is -0.785. The lowest BCUT2D eigenvalue weighted by Crippen LogP contribution is -2.14. The molecule has 0 radical (unpaired) electrons. The Balaban J connectivity index is 2.73. The summed E-state index contributed by atoms with van der Waals surface area (Å²) in [5, 5.41) is 8.84. The van der Waals surface area contributed by atoms with Gasteiger partial charge < -0.3 is 5.11 Å². The van der Waals surface area contributed by atoms with Gasteiger partial charge in [0.2, 0.25) is 0 Å². The summed E-state index contributed by atoms with van der Waals surface area (Å²) in [6, 6.07) is 6.21. The summed E-state index contributed by atoms with van der Waals surface area (Å²) in [7, 11) is 0. The highest BCUT2D eigenvalue weighted by molar-refractivity contribution is 5.74. The highest BCUT2D eigenvalue weighted by Crippen LogP contribution is 2.30. The number of aliphatic hydroxyl groups excluding tert-OH is 1. The van der Waals surface area contributed by atoms with E-state index in [9.17, 15) is 13.2 Å². The third-order valence-electron chi connectivity index (χ3n) is 2.06. The number of para-hydroxylation sites is 2. The quantitative estimate of drug-likeness (QED) is 0.813. The second kappa shape index (κ2) is 3.71. The van der Waals surface area contributed by atoms with Crippen molar-refractivity contribution in [2.75, 3.05) is 0 Å². The normalized spacial score (nSPS) is 12.0. The number of benzene rings is 1. The van der Waals surface area contributed by atoms with Crippen LogP contribution in [0.5, 0.6) is 0 Å². The van der Waals surface area contributed by atoms with Gasteiger partial charge in [-0.15, -0.1) is 0 Å². The molecule has 1 aromatic carbocycles. The van der Waals surface area contributed by atoms with Crippen LogP contribution in [0.25, 0.3) is 11.0 Å². The van der Waals surface area contributed by atoms with Crippen LogP contribution >= 0.6 is 0 Å². The van der Waals surface area contributed by atoms with Gasteiger partial charge in [-0.2, -0.15) is 13.2 Å². The first-order valence-corrected chi connectivity index (χ1v) is 4.46. The van der Waals surface area contributed by atoms with Crippen molar-refractivity contribution in [1.29, 1.82) is 0 Å². The van der Waals surface area contributed by atoms with Crippen LogP contribution in [0, 0.1) is 0 Å². The number of aliphatic hydroxyl groups is 1. The van der Waals surface area contributed by atoms with Gasteiger partial charge in [0.25, 0.3) is 0 Å². The Bertz CT molecular complexity index is 525. The number of aromatic nitrogens is 2. The molecule has 0 bridgehead atoms. The van der Waals surface area contributed by atoms with E-state index in [-0.39, 0.29) is 5.52 Å². The number of halogens is 3. The minimum atomic E-state index is -4.60. The number of rotatable bonds is 1. The molecule has 0 saturated carbocycles. The molecule has 1 N–H and O–H groups in total. The van der Waals surface area contributed by atoms with E-state index in [0.29, 0.717) is 5.52 Å². The Morgan fingerprint density at radius 3 is 2.12 bits per heavy atom. The van der Waals surface area contributed by atoms with E-state index < -0.39 is 24.2 Å². The summed E-state index contributed by atoms with van der Waals surface area (Å²) in [5.41, 5.74) is -1.09. The summed E-state index contributed by atoms with van der Waals surface area (Å²) < 4.78 is 37.6. The smallest absolute Gasteiger partial charge is 0.390 e. The Morgan fingerprint density at radius 1 is 1.06 bits per heavy atom. The van der Waals surface area contributed by atoms with Gasteiger partial charge in [0.05, 0.1) is 23.3 Å². The summed E-state index contributed by atoms with van der Waals surface area (Å²) >= 11 is 0. The molecule has 6 heteroatoms. The lowest BCUT2D eigenvalue weighted by molar-refractivity contribution is -0.142. The molecular weight excluding hydrogens is 221 g/mol. The first-order chi connectivity index (χ1) is 7.52. The fraction of sp³-hybridized carbons (Fsp3) is 0.200. The van der Waals surface area contributed by atoms with Crippen molar-refractivity contribution in [2.45, 2.75) is 12.8 Å². The Kier molecular flexibility index (Phi) is 2.51. The van der Waals surface area contributed by atoms with Crippen LogP contribution in [0.15, 0.2) is 24.3 Å². The first kappa shape index (κ1) is 10.8. The van der Waals surface area contributed by atoms with E-state index in [1.54, 1.807) is 18.2 Å². The van der Waals surface area contributed by atoms with E-state index in [4.69, 9.17) is 5.11 Å². The zero-order valence-corrected chi connectivity index (χ0v) is 7.99. The van der Waals surface area contributed by atoms with Crippen molar-refractivity contribution in [3.63, 3.8) is 0 Å². The van der Waals surface area contributed by atoms with Crippen molar-refractivity contribution in [2.24, 2.45) is 0 Å². The maximum absolute atomic E-state index is 12.5. The van der Waals surface area contributed by atoms with E-state index >= 15 is 0 Å². The molecule has 0 saturated heterocycles. The molecule has 84 valence electrons. The minimum absolute atomic E-state index is 0.159. The summed E-state index contributed by atoms with van der Waals surface area (Å²) in [5.74, 6) is 0. The number of nitrogens with zero attached hydrogens (tertiary/aromatic N) is 2. The van der Waals surface area contributed by atoms with Crippen LogP contribution in [-0.4, -0.2) is 15.1 Å². The molecule has 0 atom stereocenters. The monoisotopic (exact) mass is 228 g/mol. The summed E-state index contributed by atoms with van der Waals surface area (Å²) in [6.07, 6.45) is -4.60. The van der Waals surface area contributed by atoms with Gasteiger partial charge in [0, 0.05) is 0 Å². The third kappa shape index (κ3) is 1.83. The van der Waals surface area contributed by atoms with Crippen LogP contribution < -0.4 is 0 Å². The van der Waals surface area contributed by atoms with Crippen molar-refractivity contribution in [3.8, 4) is 0 Å². The molecule has 2 aromatic rings. The molecular formula is C10H7F3N2O. The summed E-state index contributed by atoms with van der Waals surface area (Å²) in [4.78, 5) is 7.20. The van der Waals surface area contributed by atoms with Crippen LogP contribution in [0.4, 0.5) is 13.2 Å². The average molecular weight is 228 g/mol. The van der Waals surface area contributed by atoms with Gasteiger partial charge in [-0.05, 0) is 12.1 Å². The Morgan fingerprint density at radius 2 is 1.62 bits per heavy atom. The first-order valence-electron chi connectivity index (χ1n) is 4.46. The van der Waals surface area contributed by atoms with Crippen LogP contribution in [-0.2, 0) is 12.8 Å². The molecule has 0 spiro atoms. The molecule has 0 fully saturated rings. The molecule has 1 heterocycles. The van der Waals surface area contributed by atoms with Gasteiger partial charge in [-0.3, -0.25) is 0 Å². The topological polar surface area (TPSA) is 46.0 Å². The minimum Gasteiger partial charge on any atom is -0.390 e. The average Bonchev–Trinajstić information content (AvgIpc) is 2.26. The molecule has 2 rings (SSSR count). The fourth-order valence-corrected chi connectivity index (χ4v) is 1.37. The van der Waals surface area contributed by atoms with Gasteiger partial charge in [0.15, 0.2) is 5.69 Å². The zero-order valence-electron chi connectivity index (χ0n) is 7.99. The maximum atomic E-state index is 12.5. The van der Waals surface area contributed by atoms with E-state index in [1.807, 2.05) is 0 Å². The molecule has 1 aromatic heterocycles. The van der Waals surface area contributed by atoms with E-state index in [2.05, 4.69) is 9.97 Å². The standard InChI is InChI=1S/C10H7F3N2O/c11-10(12,13)9-8(5-16)14-6-3-1-2-4-7(6)15-9/h1-4,16H,5H2. The third-order valence-corrected chi connectivity index (χ3v) is 2.06. The fourth-order valence-electron chi connectivity index (χ4n) is 1.37. The second-order valence-corrected chi connectivity index (χ2v) is 3.16. The van der Waals surface area contributed by atoms with E-state index in [1.165, 1.54) is 6.07 Å². The van der Waals surface area contributed by atoms with Crippen molar-refractivity contribution >= 4 is 11.0 Å². The predicted octanol–water partition coefficient (Wildman–Crippen LogP) is 2.14. The maximum Gasteiger partial charge on any atom is 0.435 e. The van der Waals surface area contributed by atoms with Crippen molar-refractivity contribution in [3.05, 3.63) is 35.7 Å². The SMILES string of the molecule is OCc1nc2ccccc2nc1C(F)(F)F. The molecule has 0 aliphatic carbocycles. The Labute approximate surface area is 88.6 Å². The van der Waals surface area contributed by atoms with E-state index in [0.717, 1.165) is 0 Å². The van der Waals surface area contributed by atoms with Crippen molar-refractivity contribution in [1.82, 2.24) is 9.97 Å². The lowest BCUT2D eigenvalue weighted by Gasteiger charge is -2.10. The van der Waals surface area contributed by atoms with Crippen LogP contribution in [0.3, 0.4) is 0 Å². The zero-order chi connectivity index (χ0) is 11.8. The Hall–Kier alpha value is -1.69. The molecule has 16 heavy (non-hydrogen) atoms. The number of hydrogen-bond donors (Lipinski definition) is 1. The van der Waals surface area contributed by atoms with Crippen molar-refractivity contribution < 1.29 is 18.3 Å². The van der Waals surface area contributed by atoms with Gasteiger partial charge >= 0.3 is 6.18 Å². The van der Waals surface area contributed by atoms with Gasteiger partial charge in [-0.1, -0.05) is 12.1 Å². The molecule has 0 unspecified atom stereocenters. The second-order valence-electron chi connectivity index (χ2n) is 3.16. The highest BCUT2D eigenvalue weighted by atomic mass is 19.4. The molecule has 0 aliphatic heterocycles. The number of alkyl halides is 3. The predicted molar refractivity (Wildman–Crippen MR) is 50.5 cm³/mol.